The minimum atomic E-state index is -4.69. The lowest BCUT2D eigenvalue weighted by Gasteiger charge is -2.11. The molecule has 6 nitrogen and oxygen atoms in total. The first kappa shape index (κ1) is 17.6. The van der Waals surface area contributed by atoms with Crippen LogP contribution in [0.1, 0.15) is 10.4 Å². The number of sulfonamides is 1. The van der Waals surface area contributed by atoms with Gasteiger partial charge in [0, 0.05) is 5.69 Å². The number of carboxylic acid groups (broad SMARTS) is 1. The molecular weight excluding hydrogens is 351 g/mol. The minimum absolute atomic E-state index is 0.0168. The second-order valence-electron chi connectivity index (χ2n) is 4.50. The van der Waals surface area contributed by atoms with E-state index in [2.05, 4.69) is 0 Å². The van der Waals surface area contributed by atoms with Crippen molar-refractivity contribution in [3.8, 4) is 5.75 Å². The number of nitrogens with one attached hydrogen (secondary N) is 1. The Morgan fingerprint density at radius 3 is 2.17 bits per heavy atom. The Morgan fingerprint density at radius 1 is 1.08 bits per heavy atom. The summed E-state index contributed by atoms with van der Waals surface area (Å²) >= 11 is 0. The van der Waals surface area contributed by atoms with Crippen LogP contribution >= 0.6 is 0 Å². The number of anilines is 1. The Balaban J connectivity index is 2.50. The van der Waals surface area contributed by atoms with E-state index in [-0.39, 0.29) is 11.8 Å². The molecule has 0 bridgehead atoms. The molecular formula is C14H10F3NO5S. The van der Waals surface area contributed by atoms with Gasteiger partial charge in [-0.05, 0) is 30.3 Å². The third kappa shape index (κ3) is 3.27. The van der Waals surface area contributed by atoms with Gasteiger partial charge in [-0.15, -0.1) is 0 Å². The largest absolute Gasteiger partial charge is 0.497 e. The number of carboxylic acids is 1. The number of hydrogen-bond acceptors (Lipinski definition) is 4. The summed E-state index contributed by atoms with van der Waals surface area (Å²) in [5, 5.41) is 8.76. The number of halogens is 3. The van der Waals surface area contributed by atoms with E-state index in [0.29, 0.717) is 5.75 Å². The fourth-order valence-electron chi connectivity index (χ4n) is 1.80. The molecule has 0 saturated heterocycles. The molecule has 0 aliphatic carbocycles. The molecule has 0 heterocycles. The highest BCUT2D eigenvalue weighted by molar-refractivity contribution is 7.92. The Kier molecular flexibility index (Phi) is 4.69. The summed E-state index contributed by atoms with van der Waals surface area (Å²) in [6.07, 6.45) is 0. The topological polar surface area (TPSA) is 92.7 Å². The number of ether oxygens (including phenoxy) is 1. The molecule has 2 rings (SSSR count). The molecule has 0 aromatic heterocycles. The molecule has 0 saturated carbocycles. The van der Waals surface area contributed by atoms with Crippen molar-refractivity contribution in [2.45, 2.75) is 4.90 Å². The molecule has 0 atom stereocenters. The fourth-order valence-corrected chi connectivity index (χ4v) is 2.96. The van der Waals surface area contributed by atoms with Gasteiger partial charge in [0.15, 0.2) is 17.5 Å². The highest BCUT2D eigenvalue weighted by Crippen LogP contribution is 2.26. The monoisotopic (exact) mass is 361 g/mol. The molecule has 0 fully saturated rings. The summed E-state index contributed by atoms with van der Waals surface area (Å²) in [4.78, 5) is 9.51. The van der Waals surface area contributed by atoms with E-state index in [4.69, 9.17) is 9.84 Å². The van der Waals surface area contributed by atoms with Gasteiger partial charge >= 0.3 is 5.97 Å². The summed E-state index contributed by atoms with van der Waals surface area (Å²) in [7, 11) is -3.30. The third-order valence-electron chi connectivity index (χ3n) is 2.98. The molecule has 128 valence electrons. The first-order valence-electron chi connectivity index (χ1n) is 6.25. The van der Waals surface area contributed by atoms with Crippen molar-refractivity contribution < 1.29 is 36.2 Å². The van der Waals surface area contributed by atoms with Crippen molar-refractivity contribution in [1.29, 1.82) is 0 Å². The summed E-state index contributed by atoms with van der Waals surface area (Å²) < 4.78 is 71.7. The van der Waals surface area contributed by atoms with Crippen LogP contribution in [0.15, 0.2) is 35.2 Å². The van der Waals surface area contributed by atoms with Crippen LogP contribution < -0.4 is 9.46 Å². The Hall–Kier alpha value is -2.75. The van der Waals surface area contributed by atoms with Crippen molar-refractivity contribution in [3.63, 3.8) is 0 Å². The highest BCUT2D eigenvalue weighted by Gasteiger charge is 2.29. The van der Waals surface area contributed by atoms with Gasteiger partial charge in [-0.25, -0.2) is 26.4 Å². The quantitative estimate of drug-likeness (QED) is 0.799. The van der Waals surface area contributed by atoms with Crippen LogP contribution in [0, 0.1) is 17.5 Å². The fraction of sp³-hybridized carbons (Fsp3) is 0.0714. The van der Waals surface area contributed by atoms with E-state index in [1.807, 2.05) is 4.72 Å². The molecule has 0 amide bonds. The number of hydrogen-bond donors (Lipinski definition) is 2. The SMILES string of the molecule is COc1ccc(NS(=O)(=O)c2cc(C(=O)O)c(F)c(F)c2F)cc1. The van der Waals surface area contributed by atoms with Gasteiger partial charge in [-0.2, -0.15) is 0 Å². The van der Waals surface area contributed by atoms with Crippen molar-refractivity contribution in [2.75, 3.05) is 11.8 Å². The maximum Gasteiger partial charge on any atom is 0.338 e. The van der Waals surface area contributed by atoms with Gasteiger partial charge in [0.2, 0.25) is 0 Å². The third-order valence-corrected chi connectivity index (χ3v) is 4.36. The van der Waals surface area contributed by atoms with Crippen LogP contribution in [0.25, 0.3) is 0 Å². The van der Waals surface area contributed by atoms with Crippen LogP contribution in [0.2, 0.25) is 0 Å². The van der Waals surface area contributed by atoms with Crippen LogP contribution in [-0.2, 0) is 10.0 Å². The molecule has 0 unspecified atom stereocenters. The van der Waals surface area contributed by atoms with E-state index in [1.165, 1.54) is 31.4 Å². The molecule has 0 spiro atoms. The van der Waals surface area contributed by atoms with Gasteiger partial charge in [-0.1, -0.05) is 0 Å². The maximum atomic E-state index is 13.8. The zero-order valence-corrected chi connectivity index (χ0v) is 12.8. The zero-order chi connectivity index (χ0) is 18.1. The first-order valence-corrected chi connectivity index (χ1v) is 7.73. The van der Waals surface area contributed by atoms with E-state index in [0.717, 1.165) is 0 Å². The molecule has 0 aliphatic rings. The lowest BCUT2D eigenvalue weighted by atomic mass is 10.2. The van der Waals surface area contributed by atoms with Gasteiger partial charge in [0.1, 0.15) is 10.6 Å². The van der Waals surface area contributed by atoms with Gasteiger partial charge in [-0.3, -0.25) is 4.72 Å². The predicted molar refractivity (Wildman–Crippen MR) is 77.1 cm³/mol. The van der Waals surface area contributed by atoms with Crippen LogP contribution in [0.4, 0.5) is 18.9 Å². The van der Waals surface area contributed by atoms with E-state index >= 15 is 0 Å². The van der Waals surface area contributed by atoms with Crippen molar-refractivity contribution in [2.24, 2.45) is 0 Å². The second-order valence-corrected chi connectivity index (χ2v) is 6.15. The maximum absolute atomic E-state index is 13.8. The summed E-state index contributed by atoms with van der Waals surface area (Å²) in [6, 6.07) is 5.59. The number of carbonyl (C=O) groups is 1. The Labute approximate surface area is 134 Å². The van der Waals surface area contributed by atoms with Crippen molar-refractivity contribution in [3.05, 3.63) is 53.3 Å². The van der Waals surface area contributed by atoms with E-state index in [9.17, 15) is 26.4 Å². The van der Waals surface area contributed by atoms with E-state index < -0.39 is 43.9 Å². The molecule has 0 aliphatic heterocycles. The van der Waals surface area contributed by atoms with Crippen molar-refractivity contribution >= 4 is 21.7 Å². The van der Waals surface area contributed by atoms with Crippen LogP contribution in [-0.4, -0.2) is 26.6 Å². The van der Waals surface area contributed by atoms with Crippen LogP contribution in [0.3, 0.4) is 0 Å². The van der Waals surface area contributed by atoms with E-state index in [1.54, 1.807) is 0 Å². The smallest absolute Gasteiger partial charge is 0.338 e. The normalized spacial score (nSPS) is 11.2. The number of aromatic carboxylic acids is 1. The van der Waals surface area contributed by atoms with Crippen molar-refractivity contribution in [1.82, 2.24) is 0 Å². The molecule has 10 heteroatoms. The Morgan fingerprint density at radius 2 is 1.67 bits per heavy atom. The standard InChI is InChI=1S/C14H10F3NO5S/c1-23-8-4-2-7(3-5-8)18-24(21,22)10-6-9(14(19)20)11(15)13(17)12(10)16/h2-6,18H,1H3,(H,19,20). The number of rotatable bonds is 5. The van der Waals surface area contributed by atoms with Crippen LogP contribution in [0.5, 0.6) is 5.75 Å². The number of methoxy groups -OCH3 is 1. The molecule has 2 aromatic rings. The zero-order valence-electron chi connectivity index (χ0n) is 12.0. The minimum Gasteiger partial charge on any atom is -0.497 e. The summed E-state index contributed by atoms with van der Waals surface area (Å²) in [5.74, 6) is -7.70. The lowest BCUT2D eigenvalue weighted by molar-refractivity contribution is 0.0690. The average Bonchev–Trinajstić information content (AvgIpc) is 2.52. The lowest BCUT2D eigenvalue weighted by Crippen LogP contribution is -2.18. The first-order chi connectivity index (χ1) is 11.2. The van der Waals surface area contributed by atoms with Gasteiger partial charge in [0.25, 0.3) is 10.0 Å². The van der Waals surface area contributed by atoms with Gasteiger partial charge < -0.3 is 9.84 Å². The molecule has 2 aromatic carbocycles. The average molecular weight is 361 g/mol. The molecule has 24 heavy (non-hydrogen) atoms. The summed E-state index contributed by atoms with van der Waals surface area (Å²) in [5.41, 5.74) is -1.32. The molecule has 2 N–H and O–H groups in total. The Bertz CT molecular complexity index is 898. The number of benzene rings is 2. The molecule has 0 radical (unpaired) electrons. The highest BCUT2D eigenvalue weighted by atomic mass is 32.2. The summed E-state index contributed by atoms with van der Waals surface area (Å²) in [6.45, 7) is 0. The predicted octanol–water partition coefficient (Wildman–Crippen LogP) is 2.61. The second kappa shape index (κ2) is 6.40. The van der Waals surface area contributed by atoms with Gasteiger partial charge in [0.05, 0.1) is 12.7 Å².